The van der Waals surface area contributed by atoms with E-state index in [1.807, 2.05) is 0 Å². The Bertz CT molecular complexity index is 374. The topological polar surface area (TPSA) is 21.3 Å². The van der Waals surface area contributed by atoms with Crippen molar-refractivity contribution < 1.29 is 13.5 Å². The lowest BCUT2D eigenvalue weighted by atomic mass is 10.2. The summed E-state index contributed by atoms with van der Waals surface area (Å²) in [4.78, 5) is 0. The van der Waals surface area contributed by atoms with E-state index in [2.05, 4.69) is 17.0 Å². The Kier molecular flexibility index (Phi) is 7.75. The van der Waals surface area contributed by atoms with E-state index in [1.165, 1.54) is 25.3 Å². The number of hydrogen-bond acceptors (Lipinski definition) is 2. The molecular weight excluding hydrogens is 272 g/mol. The molecule has 0 amide bonds. The van der Waals surface area contributed by atoms with Crippen LogP contribution in [0.2, 0.25) is 5.02 Å². The highest BCUT2D eigenvalue weighted by molar-refractivity contribution is 6.30. The van der Waals surface area contributed by atoms with Crippen LogP contribution in [0.5, 0.6) is 5.75 Å². The largest absolute Gasteiger partial charge is 0.434 e. The van der Waals surface area contributed by atoms with Gasteiger partial charge in [-0.25, -0.2) is 0 Å². The molecule has 1 aromatic carbocycles. The summed E-state index contributed by atoms with van der Waals surface area (Å²) in [5.74, 6) is 0.181. The van der Waals surface area contributed by atoms with Gasteiger partial charge < -0.3 is 10.1 Å². The van der Waals surface area contributed by atoms with Crippen molar-refractivity contribution in [3.63, 3.8) is 0 Å². The van der Waals surface area contributed by atoms with Gasteiger partial charge in [0, 0.05) is 17.1 Å². The fraction of sp³-hybridized carbons (Fsp3) is 0.571. The zero-order valence-corrected chi connectivity index (χ0v) is 11.9. The Balaban J connectivity index is 2.44. The summed E-state index contributed by atoms with van der Waals surface area (Å²) in [5.41, 5.74) is 0.656. The lowest BCUT2D eigenvalue weighted by molar-refractivity contribution is -0.0504. The summed E-state index contributed by atoms with van der Waals surface area (Å²) in [7, 11) is 0. The fourth-order valence-corrected chi connectivity index (χ4v) is 1.99. The van der Waals surface area contributed by atoms with Gasteiger partial charge in [-0.1, -0.05) is 37.8 Å². The molecule has 1 aromatic rings. The summed E-state index contributed by atoms with van der Waals surface area (Å²) in [6.45, 7) is 0.687. The summed E-state index contributed by atoms with van der Waals surface area (Å²) >= 11 is 5.86. The first kappa shape index (κ1) is 16.2. The van der Waals surface area contributed by atoms with Crippen LogP contribution < -0.4 is 10.1 Å². The van der Waals surface area contributed by atoms with Gasteiger partial charge in [-0.15, -0.1) is 0 Å². The lowest BCUT2D eigenvalue weighted by Crippen LogP contribution is -2.16. The second-order valence-corrected chi connectivity index (χ2v) is 4.80. The first-order valence-electron chi connectivity index (χ1n) is 6.57. The zero-order chi connectivity index (χ0) is 14.1. The molecule has 1 rings (SSSR count). The smallest absolute Gasteiger partial charge is 0.387 e. The third kappa shape index (κ3) is 6.73. The van der Waals surface area contributed by atoms with Crippen LogP contribution in [0.15, 0.2) is 18.2 Å². The molecule has 0 bridgehead atoms. The van der Waals surface area contributed by atoms with Crippen LogP contribution in [0.4, 0.5) is 8.78 Å². The normalized spacial score (nSPS) is 11.0. The van der Waals surface area contributed by atoms with Crippen LogP contribution in [-0.2, 0) is 6.54 Å². The number of ether oxygens (including phenoxy) is 1. The van der Waals surface area contributed by atoms with E-state index in [1.54, 1.807) is 12.1 Å². The predicted octanol–water partition coefficient (Wildman–Crippen LogP) is 4.61. The average Bonchev–Trinajstić information content (AvgIpc) is 2.36. The zero-order valence-electron chi connectivity index (χ0n) is 11.1. The van der Waals surface area contributed by atoms with Crippen LogP contribution in [0.3, 0.4) is 0 Å². The second kappa shape index (κ2) is 9.10. The lowest BCUT2D eigenvalue weighted by Gasteiger charge is -2.12. The number of hydrogen-bond donors (Lipinski definition) is 1. The van der Waals surface area contributed by atoms with Crippen molar-refractivity contribution in [1.29, 1.82) is 0 Å². The van der Waals surface area contributed by atoms with Crippen molar-refractivity contribution in [3.05, 3.63) is 28.8 Å². The molecule has 5 heteroatoms. The fourth-order valence-electron chi connectivity index (χ4n) is 1.80. The molecule has 0 aliphatic rings. The van der Waals surface area contributed by atoms with Crippen molar-refractivity contribution in [2.45, 2.75) is 45.8 Å². The van der Waals surface area contributed by atoms with Gasteiger partial charge in [0.1, 0.15) is 5.75 Å². The summed E-state index contributed by atoms with van der Waals surface area (Å²) in [6.07, 6.45) is 4.68. The molecule has 0 atom stereocenters. The number of benzene rings is 1. The molecule has 0 radical (unpaired) electrons. The Morgan fingerprint density at radius 3 is 2.74 bits per heavy atom. The molecule has 0 unspecified atom stereocenters. The molecule has 0 aliphatic carbocycles. The molecule has 0 aromatic heterocycles. The van der Waals surface area contributed by atoms with Crippen LogP contribution >= 0.6 is 11.6 Å². The van der Waals surface area contributed by atoms with E-state index in [0.29, 0.717) is 17.1 Å². The van der Waals surface area contributed by atoms with Crippen molar-refractivity contribution in [1.82, 2.24) is 5.32 Å². The summed E-state index contributed by atoms with van der Waals surface area (Å²) < 4.78 is 29.0. The van der Waals surface area contributed by atoms with Gasteiger partial charge in [0.2, 0.25) is 0 Å². The monoisotopic (exact) mass is 291 g/mol. The van der Waals surface area contributed by atoms with Gasteiger partial charge in [-0.2, -0.15) is 8.78 Å². The van der Waals surface area contributed by atoms with Gasteiger partial charge in [0.25, 0.3) is 0 Å². The van der Waals surface area contributed by atoms with E-state index >= 15 is 0 Å². The number of nitrogens with one attached hydrogen (secondary N) is 1. The standard InChI is InChI=1S/C14H20ClF2NO/c1-2-3-4-5-8-18-10-11-9-12(15)6-7-13(11)19-14(16)17/h6-7,9,14,18H,2-5,8,10H2,1H3. The number of rotatable bonds is 9. The molecule has 108 valence electrons. The van der Waals surface area contributed by atoms with Gasteiger partial charge in [-0.3, -0.25) is 0 Å². The van der Waals surface area contributed by atoms with E-state index < -0.39 is 6.61 Å². The highest BCUT2D eigenvalue weighted by Crippen LogP contribution is 2.24. The third-order valence-electron chi connectivity index (χ3n) is 2.76. The molecule has 0 spiro atoms. The highest BCUT2D eigenvalue weighted by Gasteiger charge is 2.09. The van der Waals surface area contributed by atoms with Gasteiger partial charge in [-0.05, 0) is 31.2 Å². The second-order valence-electron chi connectivity index (χ2n) is 4.37. The molecule has 0 saturated carbocycles. The predicted molar refractivity (Wildman–Crippen MR) is 73.9 cm³/mol. The van der Waals surface area contributed by atoms with Crippen molar-refractivity contribution in [3.8, 4) is 5.75 Å². The Morgan fingerprint density at radius 2 is 2.05 bits per heavy atom. The van der Waals surface area contributed by atoms with Gasteiger partial charge in [0.15, 0.2) is 0 Å². The van der Waals surface area contributed by atoms with Crippen molar-refractivity contribution in [2.24, 2.45) is 0 Å². The van der Waals surface area contributed by atoms with Gasteiger partial charge in [0.05, 0.1) is 0 Å². The summed E-state index contributed by atoms with van der Waals surface area (Å²) in [5, 5.41) is 3.74. The maximum Gasteiger partial charge on any atom is 0.387 e. The molecule has 0 fully saturated rings. The molecule has 2 nitrogen and oxygen atoms in total. The maximum atomic E-state index is 12.3. The van der Waals surface area contributed by atoms with Crippen molar-refractivity contribution >= 4 is 11.6 Å². The average molecular weight is 292 g/mol. The Labute approximate surface area is 118 Å². The van der Waals surface area contributed by atoms with Crippen LogP contribution in [0, 0.1) is 0 Å². The molecule has 1 N–H and O–H groups in total. The Morgan fingerprint density at radius 1 is 1.26 bits per heavy atom. The molecule has 0 saturated heterocycles. The van der Waals surface area contributed by atoms with Crippen molar-refractivity contribution in [2.75, 3.05) is 6.54 Å². The first-order valence-corrected chi connectivity index (χ1v) is 6.95. The Hall–Kier alpha value is -0.870. The number of halogens is 3. The SMILES string of the molecule is CCCCCCNCc1cc(Cl)ccc1OC(F)F. The molecule has 0 heterocycles. The van der Waals surface area contributed by atoms with E-state index in [9.17, 15) is 8.78 Å². The van der Waals surface area contributed by atoms with E-state index in [0.717, 1.165) is 13.0 Å². The van der Waals surface area contributed by atoms with Crippen LogP contribution in [0.25, 0.3) is 0 Å². The maximum absolute atomic E-state index is 12.3. The van der Waals surface area contributed by atoms with Crippen LogP contribution in [-0.4, -0.2) is 13.2 Å². The molecule has 19 heavy (non-hydrogen) atoms. The van der Waals surface area contributed by atoms with E-state index in [4.69, 9.17) is 11.6 Å². The number of unbranched alkanes of at least 4 members (excludes halogenated alkanes) is 3. The quantitative estimate of drug-likeness (QED) is 0.671. The van der Waals surface area contributed by atoms with Gasteiger partial charge >= 0.3 is 6.61 Å². The van der Waals surface area contributed by atoms with Crippen LogP contribution in [0.1, 0.15) is 38.2 Å². The minimum Gasteiger partial charge on any atom is -0.434 e. The number of alkyl halides is 2. The minimum absolute atomic E-state index is 0.181. The minimum atomic E-state index is -2.82. The third-order valence-corrected chi connectivity index (χ3v) is 3.00. The highest BCUT2D eigenvalue weighted by atomic mass is 35.5. The summed E-state index contributed by atoms with van der Waals surface area (Å²) in [6, 6.07) is 4.67. The van der Waals surface area contributed by atoms with E-state index in [-0.39, 0.29) is 5.75 Å². The molecule has 0 aliphatic heterocycles. The first-order chi connectivity index (χ1) is 9.13. The molecular formula is C14H20ClF2NO.